The van der Waals surface area contributed by atoms with Crippen molar-refractivity contribution in [2.45, 2.75) is 19.9 Å². The second-order valence-corrected chi connectivity index (χ2v) is 7.09. The van der Waals surface area contributed by atoms with Crippen molar-refractivity contribution < 1.29 is 4.74 Å². The van der Waals surface area contributed by atoms with Crippen LogP contribution in [0.25, 0.3) is 16.6 Å². The number of ether oxygens (including phenoxy) is 1. The molecular weight excluding hydrogens is 392 g/mol. The molecule has 0 amide bonds. The molecule has 0 unspecified atom stereocenters. The first kappa shape index (κ1) is 18.9. The van der Waals surface area contributed by atoms with Crippen molar-refractivity contribution in [3.63, 3.8) is 0 Å². The molecule has 2 aromatic heterocycles. The lowest BCUT2D eigenvalue weighted by Gasteiger charge is -2.16. The number of rotatable bonds is 5. The molecule has 1 atom stereocenters. The molecule has 148 valence electrons. The monoisotopic (exact) mass is 410 g/mol. The summed E-state index contributed by atoms with van der Waals surface area (Å²) in [5.41, 5.74) is 2.77. The number of nitrogens with zero attached hydrogens (tertiary/aromatic N) is 4. The first-order valence-corrected chi connectivity index (χ1v) is 9.36. The zero-order valence-corrected chi connectivity index (χ0v) is 16.9. The number of pyridine rings is 1. The summed E-state index contributed by atoms with van der Waals surface area (Å²) in [7, 11) is 1.54. The number of aromatic nitrogens is 5. The van der Waals surface area contributed by atoms with E-state index in [1.807, 2.05) is 44.2 Å². The molecule has 4 aromatic rings. The molecule has 0 radical (unpaired) electrons. The minimum absolute atomic E-state index is 0.172. The molecule has 0 spiro atoms. The van der Waals surface area contributed by atoms with E-state index in [2.05, 4.69) is 25.8 Å². The van der Waals surface area contributed by atoms with Crippen molar-refractivity contribution in [2.75, 3.05) is 12.4 Å². The lowest BCUT2D eigenvalue weighted by molar-refractivity contribution is 0.415. The number of hydrogen-bond acceptors (Lipinski definition) is 6. The summed E-state index contributed by atoms with van der Waals surface area (Å²) < 4.78 is 6.86. The van der Waals surface area contributed by atoms with Gasteiger partial charge in [0.1, 0.15) is 5.75 Å². The second-order valence-electron chi connectivity index (χ2n) is 6.68. The van der Waals surface area contributed by atoms with Gasteiger partial charge in [0.05, 0.1) is 29.4 Å². The van der Waals surface area contributed by atoms with Gasteiger partial charge >= 0.3 is 0 Å². The van der Waals surface area contributed by atoms with Crippen LogP contribution in [0.2, 0.25) is 5.02 Å². The summed E-state index contributed by atoms with van der Waals surface area (Å²) in [5, 5.41) is 16.2. The third-order valence-corrected chi connectivity index (χ3v) is 5.01. The van der Waals surface area contributed by atoms with E-state index in [-0.39, 0.29) is 11.6 Å². The first-order valence-electron chi connectivity index (χ1n) is 8.98. The number of anilines is 1. The molecule has 0 bridgehead atoms. The van der Waals surface area contributed by atoms with Gasteiger partial charge in [0, 0.05) is 22.7 Å². The van der Waals surface area contributed by atoms with E-state index in [0.717, 1.165) is 16.8 Å². The number of H-pyrrole nitrogens is 1. The normalized spacial score (nSPS) is 12.1. The van der Waals surface area contributed by atoms with Crippen molar-refractivity contribution in [3.8, 4) is 11.4 Å². The van der Waals surface area contributed by atoms with Gasteiger partial charge in [-0.3, -0.25) is 4.79 Å². The molecule has 2 aromatic carbocycles. The van der Waals surface area contributed by atoms with Crippen LogP contribution in [0.1, 0.15) is 24.4 Å². The highest BCUT2D eigenvalue weighted by Gasteiger charge is 2.14. The fraction of sp³-hybridized carbons (Fsp3) is 0.200. The van der Waals surface area contributed by atoms with E-state index in [0.29, 0.717) is 27.7 Å². The number of nitrogens with one attached hydrogen (secondary N) is 2. The number of benzene rings is 2. The van der Waals surface area contributed by atoms with Crippen LogP contribution in [0.5, 0.6) is 5.75 Å². The average Bonchev–Trinajstić information content (AvgIpc) is 3.13. The van der Waals surface area contributed by atoms with Crippen molar-refractivity contribution in [2.24, 2.45) is 0 Å². The van der Waals surface area contributed by atoms with Gasteiger partial charge < -0.3 is 15.0 Å². The maximum Gasteiger partial charge on any atom is 0.253 e. The van der Waals surface area contributed by atoms with Crippen LogP contribution < -0.4 is 15.6 Å². The number of aryl methyl sites for hydroxylation is 1. The molecule has 2 heterocycles. The minimum Gasteiger partial charge on any atom is -0.495 e. The summed E-state index contributed by atoms with van der Waals surface area (Å²) in [5.74, 6) is 1.21. The number of fused-ring (bicyclic) bond motifs is 1. The highest BCUT2D eigenvalue weighted by atomic mass is 35.5. The molecule has 0 aliphatic carbocycles. The predicted octanol–water partition coefficient (Wildman–Crippen LogP) is 3.65. The minimum atomic E-state index is -0.241. The van der Waals surface area contributed by atoms with E-state index in [1.54, 1.807) is 16.8 Å². The molecule has 0 aliphatic rings. The zero-order chi connectivity index (χ0) is 20.5. The lowest BCUT2D eigenvalue weighted by atomic mass is 10.1. The van der Waals surface area contributed by atoms with Crippen molar-refractivity contribution in [1.29, 1.82) is 0 Å². The predicted molar refractivity (Wildman–Crippen MR) is 112 cm³/mol. The van der Waals surface area contributed by atoms with Crippen molar-refractivity contribution >= 4 is 28.2 Å². The molecule has 2 N–H and O–H groups in total. The molecule has 4 rings (SSSR count). The molecule has 0 saturated carbocycles. The van der Waals surface area contributed by atoms with Crippen LogP contribution in [-0.4, -0.2) is 32.3 Å². The summed E-state index contributed by atoms with van der Waals surface area (Å²) in [6.45, 7) is 3.76. The van der Waals surface area contributed by atoms with Crippen LogP contribution in [0.4, 0.5) is 5.69 Å². The molecule has 8 nitrogen and oxygen atoms in total. The SMILES string of the molecule is COc1cc2[nH]c(=O)c([C@H](C)Nc3cccc(-n4nnnc4C)c3)cc2cc1Cl. The lowest BCUT2D eigenvalue weighted by Crippen LogP contribution is -2.19. The summed E-state index contributed by atoms with van der Waals surface area (Å²) in [6.07, 6.45) is 0. The zero-order valence-electron chi connectivity index (χ0n) is 16.1. The van der Waals surface area contributed by atoms with Gasteiger partial charge in [-0.1, -0.05) is 17.7 Å². The molecule has 0 aliphatic heterocycles. The Hall–Kier alpha value is -3.39. The average molecular weight is 411 g/mol. The molecule has 9 heteroatoms. The van der Waals surface area contributed by atoms with E-state index in [1.165, 1.54) is 7.11 Å². The third-order valence-electron chi connectivity index (χ3n) is 4.71. The Morgan fingerprint density at radius 1 is 1.24 bits per heavy atom. The van der Waals surface area contributed by atoms with Gasteiger partial charge in [-0.25, -0.2) is 0 Å². The van der Waals surface area contributed by atoms with Crippen LogP contribution in [-0.2, 0) is 0 Å². The van der Waals surface area contributed by atoms with Crippen molar-refractivity contribution in [1.82, 2.24) is 25.2 Å². The van der Waals surface area contributed by atoms with E-state index in [4.69, 9.17) is 16.3 Å². The van der Waals surface area contributed by atoms with Crippen LogP contribution in [0, 0.1) is 6.92 Å². The summed E-state index contributed by atoms with van der Waals surface area (Å²) in [4.78, 5) is 15.6. The number of hydrogen-bond donors (Lipinski definition) is 2. The Balaban J connectivity index is 1.66. The summed E-state index contributed by atoms with van der Waals surface area (Å²) in [6, 6.07) is 12.8. The van der Waals surface area contributed by atoms with Crippen LogP contribution in [0.15, 0.2) is 47.3 Å². The highest BCUT2D eigenvalue weighted by Crippen LogP contribution is 2.29. The fourth-order valence-corrected chi connectivity index (χ4v) is 3.48. The Morgan fingerprint density at radius 2 is 2.07 bits per heavy atom. The van der Waals surface area contributed by atoms with Gasteiger partial charge in [0.2, 0.25) is 0 Å². The first-order chi connectivity index (χ1) is 14.0. The van der Waals surface area contributed by atoms with Gasteiger partial charge in [-0.2, -0.15) is 4.68 Å². The number of tetrazole rings is 1. The molecule has 0 saturated heterocycles. The van der Waals surface area contributed by atoms with E-state index >= 15 is 0 Å². The number of methoxy groups -OCH3 is 1. The quantitative estimate of drug-likeness (QED) is 0.521. The van der Waals surface area contributed by atoms with Crippen molar-refractivity contribution in [3.05, 3.63) is 69.2 Å². The highest BCUT2D eigenvalue weighted by molar-refractivity contribution is 6.32. The Morgan fingerprint density at radius 3 is 2.79 bits per heavy atom. The molecular formula is C20H19ClN6O2. The fourth-order valence-electron chi connectivity index (χ4n) is 3.23. The Bertz CT molecular complexity index is 1250. The van der Waals surface area contributed by atoms with Crippen LogP contribution >= 0.6 is 11.6 Å². The smallest absolute Gasteiger partial charge is 0.253 e. The van der Waals surface area contributed by atoms with E-state index < -0.39 is 0 Å². The number of halogens is 1. The Kier molecular flexibility index (Phi) is 4.94. The maximum absolute atomic E-state index is 12.6. The topological polar surface area (TPSA) is 97.7 Å². The largest absolute Gasteiger partial charge is 0.495 e. The Labute approximate surface area is 171 Å². The standard InChI is InChI=1S/C20H19ClN6O2/c1-11(22-14-5-4-6-15(9-14)27-12(2)24-25-26-27)16-7-13-8-17(21)19(29-3)10-18(13)23-20(16)28/h4-11,22H,1-3H3,(H,23,28)/t11-/m0/s1. The number of aromatic amines is 1. The van der Waals surface area contributed by atoms with E-state index in [9.17, 15) is 4.79 Å². The third kappa shape index (κ3) is 3.66. The van der Waals surface area contributed by atoms with Crippen LogP contribution in [0.3, 0.4) is 0 Å². The molecule has 0 fully saturated rings. The molecule has 29 heavy (non-hydrogen) atoms. The van der Waals surface area contributed by atoms with Gasteiger partial charge in [-0.05, 0) is 54.6 Å². The second kappa shape index (κ2) is 7.56. The van der Waals surface area contributed by atoms with Gasteiger partial charge in [0.25, 0.3) is 5.56 Å². The van der Waals surface area contributed by atoms with Gasteiger partial charge in [-0.15, -0.1) is 5.10 Å². The maximum atomic E-state index is 12.6. The summed E-state index contributed by atoms with van der Waals surface area (Å²) >= 11 is 6.23. The van der Waals surface area contributed by atoms with Gasteiger partial charge in [0.15, 0.2) is 5.82 Å².